The molecule has 0 amide bonds. The Labute approximate surface area is 154 Å². The van der Waals surface area contributed by atoms with Gasteiger partial charge < -0.3 is 9.84 Å². The van der Waals surface area contributed by atoms with Gasteiger partial charge in [-0.05, 0) is 35.6 Å². The van der Waals surface area contributed by atoms with Crippen molar-refractivity contribution in [1.82, 2.24) is 4.90 Å². The van der Waals surface area contributed by atoms with Crippen LogP contribution >= 0.6 is 0 Å². The lowest BCUT2D eigenvalue weighted by Gasteiger charge is -2.42. The minimum atomic E-state index is -4.24. The summed E-state index contributed by atoms with van der Waals surface area (Å²) in [6.45, 7) is 1.87. The Morgan fingerprint density at radius 1 is 1.37 bits per heavy atom. The molecule has 0 saturated carbocycles. The van der Waals surface area contributed by atoms with E-state index in [-0.39, 0.29) is 19.0 Å². The first-order valence-electron chi connectivity index (χ1n) is 8.73. The minimum absolute atomic E-state index is 0.120. The van der Waals surface area contributed by atoms with Gasteiger partial charge in [-0.15, -0.1) is 0 Å². The van der Waals surface area contributed by atoms with Gasteiger partial charge in [-0.2, -0.15) is 13.2 Å². The number of carboxylic acid groups (broad SMARTS) is 1. The van der Waals surface area contributed by atoms with E-state index in [9.17, 15) is 22.4 Å². The third-order valence-corrected chi connectivity index (χ3v) is 5.01. The van der Waals surface area contributed by atoms with Crippen molar-refractivity contribution >= 4 is 12.0 Å². The first-order valence-corrected chi connectivity index (χ1v) is 8.73. The number of aliphatic carboxylic acids is 1. The van der Waals surface area contributed by atoms with Crippen LogP contribution in [0.1, 0.15) is 24.5 Å². The summed E-state index contributed by atoms with van der Waals surface area (Å²) in [7, 11) is 0. The van der Waals surface area contributed by atoms with Gasteiger partial charge in [-0.3, -0.25) is 4.90 Å². The fraction of sp³-hybridized carbons (Fsp3) is 0.526. The van der Waals surface area contributed by atoms with Crippen LogP contribution in [0.5, 0.6) is 5.75 Å². The predicted molar refractivity (Wildman–Crippen MR) is 91.4 cm³/mol. The molecule has 1 heterocycles. The Balaban J connectivity index is 1.62. The van der Waals surface area contributed by atoms with Crippen molar-refractivity contribution in [3.05, 3.63) is 34.9 Å². The first kappa shape index (κ1) is 19.7. The maximum absolute atomic E-state index is 13.8. The van der Waals surface area contributed by atoms with Gasteiger partial charge >= 0.3 is 12.1 Å². The Bertz CT molecular complexity index is 754. The van der Waals surface area contributed by atoms with Crippen LogP contribution in [0, 0.1) is 5.92 Å². The second kappa shape index (κ2) is 7.14. The van der Waals surface area contributed by atoms with Crippen molar-refractivity contribution in [2.24, 2.45) is 5.92 Å². The van der Waals surface area contributed by atoms with Gasteiger partial charge in [-0.25, -0.2) is 9.18 Å². The largest absolute Gasteiger partial charge is 0.493 e. The molecule has 1 aromatic carbocycles. The highest BCUT2D eigenvalue weighted by Crippen LogP contribution is 2.34. The highest BCUT2D eigenvalue weighted by Gasteiger charge is 2.50. The van der Waals surface area contributed by atoms with Gasteiger partial charge in [0.1, 0.15) is 5.75 Å². The molecule has 1 atom stereocenters. The van der Waals surface area contributed by atoms with E-state index in [1.165, 1.54) is 0 Å². The van der Waals surface area contributed by atoms with Crippen molar-refractivity contribution in [3.8, 4) is 5.75 Å². The smallest absolute Gasteiger partial charge is 0.392 e. The molecule has 1 saturated heterocycles. The number of carbonyl (C=O) groups is 1. The van der Waals surface area contributed by atoms with E-state index < -0.39 is 30.8 Å². The van der Waals surface area contributed by atoms with Crippen LogP contribution in [-0.4, -0.2) is 54.1 Å². The number of likely N-dealkylation sites (tertiary alicyclic amines) is 1. The van der Waals surface area contributed by atoms with Gasteiger partial charge in [-0.1, -0.05) is 24.6 Å². The number of nitrogens with zero attached hydrogens (tertiary/aromatic N) is 1. The predicted octanol–water partition coefficient (Wildman–Crippen LogP) is 3.70. The lowest BCUT2D eigenvalue weighted by Crippen LogP contribution is -2.63. The van der Waals surface area contributed by atoms with Gasteiger partial charge in [0.15, 0.2) is 0 Å². The molecule has 2 aliphatic rings. The van der Waals surface area contributed by atoms with Crippen LogP contribution in [0.4, 0.5) is 17.6 Å². The molecule has 0 spiro atoms. The number of carboxylic acids is 1. The SMILES string of the molecule is C[C@@H]1Cc2cc(OCCC(F)(F)F)ccc2C=C1CN1CC(F)(C(=O)O)C1. The zero-order valence-corrected chi connectivity index (χ0v) is 14.9. The molecule has 148 valence electrons. The minimum Gasteiger partial charge on any atom is -0.493 e. The van der Waals surface area contributed by atoms with Crippen LogP contribution in [0.2, 0.25) is 0 Å². The van der Waals surface area contributed by atoms with Gasteiger partial charge in [0.25, 0.3) is 0 Å². The van der Waals surface area contributed by atoms with Crippen LogP contribution in [-0.2, 0) is 11.2 Å². The van der Waals surface area contributed by atoms with Gasteiger partial charge in [0.05, 0.1) is 13.0 Å². The second-order valence-corrected chi connectivity index (χ2v) is 7.31. The molecule has 1 fully saturated rings. The summed E-state index contributed by atoms with van der Waals surface area (Å²) >= 11 is 0. The third-order valence-electron chi connectivity index (χ3n) is 5.01. The van der Waals surface area contributed by atoms with Crippen LogP contribution < -0.4 is 4.74 Å². The summed E-state index contributed by atoms with van der Waals surface area (Å²) in [5.74, 6) is -0.844. The molecule has 0 bridgehead atoms. The Kier molecular flexibility index (Phi) is 5.20. The third kappa shape index (κ3) is 4.61. The maximum Gasteiger partial charge on any atom is 0.392 e. The van der Waals surface area contributed by atoms with Crippen LogP contribution in [0.3, 0.4) is 0 Å². The topological polar surface area (TPSA) is 49.8 Å². The number of halogens is 4. The molecule has 1 aromatic rings. The van der Waals surface area contributed by atoms with Gasteiger partial charge in [0, 0.05) is 19.6 Å². The number of hydrogen-bond acceptors (Lipinski definition) is 3. The first-order chi connectivity index (χ1) is 12.6. The number of hydrogen-bond donors (Lipinski definition) is 1. The number of rotatable bonds is 6. The van der Waals surface area contributed by atoms with E-state index in [1.807, 2.05) is 13.0 Å². The van der Waals surface area contributed by atoms with E-state index in [0.29, 0.717) is 18.7 Å². The standard InChI is InChI=1S/C19H21F4NO3/c1-12-6-14-8-16(27-5-4-19(21,22)23)3-2-13(14)7-15(12)9-24-10-18(20,11-24)17(25)26/h2-3,7-8,12H,4-6,9-11H2,1H3,(H,25,26)/t12-/m1/s1. The Hall–Kier alpha value is -2.09. The van der Waals surface area contributed by atoms with Gasteiger partial charge in [0.2, 0.25) is 5.67 Å². The van der Waals surface area contributed by atoms with E-state index in [0.717, 1.165) is 16.7 Å². The van der Waals surface area contributed by atoms with Crippen molar-refractivity contribution in [1.29, 1.82) is 0 Å². The molecule has 1 aliphatic heterocycles. The van der Waals surface area contributed by atoms with Crippen molar-refractivity contribution in [2.75, 3.05) is 26.2 Å². The van der Waals surface area contributed by atoms with E-state index in [1.54, 1.807) is 23.1 Å². The van der Waals surface area contributed by atoms with Crippen molar-refractivity contribution in [3.63, 3.8) is 0 Å². The molecule has 1 N–H and O–H groups in total. The molecule has 0 radical (unpaired) electrons. The van der Waals surface area contributed by atoms with Crippen molar-refractivity contribution < 1.29 is 32.2 Å². The number of fused-ring (bicyclic) bond motifs is 1. The molecule has 1 aliphatic carbocycles. The Morgan fingerprint density at radius 3 is 2.70 bits per heavy atom. The van der Waals surface area contributed by atoms with E-state index >= 15 is 0 Å². The molecule has 4 nitrogen and oxygen atoms in total. The highest BCUT2D eigenvalue weighted by atomic mass is 19.4. The number of ether oxygens (including phenoxy) is 1. The summed E-state index contributed by atoms with van der Waals surface area (Å²) < 4.78 is 55.7. The zero-order chi connectivity index (χ0) is 19.8. The molecule has 0 unspecified atom stereocenters. The molecule has 27 heavy (non-hydrogen) atoms. The van der Waals surface area contributed by atoms with E-state index in [4.69, 9.17) is 9.84 Å². The molecule has 0 aromatic heterocycles. The lowest BCUT2D eigenvalue weighted by molar-refractivity contribution is -0.163. The molecular weight excluding hydrogens is 366 g/mol. The average Bonchev–Trinajstić information content (AvgIpc) is 2.52. The highest BCUT2D eigenvalue weighted by molar-refractivity contribution is 5.79. The molecule has 3 rings (SSSR count). The lowest BCUT2D eigenvalue weighted by atomic mass is 9.83. The monoisotopic (exact) mass is 387 g/mol. The fourth-order valence-corrected chi connectivity index (χ4v) is 3.45. The molecule has 8 heteroatoms. The summed E-state index contributed by atoms with van der Waals surface area (Å²) in [5.41, 5.74) is 0.876. The summed E-state index contributed by atoms with van der Waals surface area (Å²) in [5, 5.41) is 8.84. The van der Waals surface area contributed by atoms with Crippen molar-refractivity contribution in [2.45, 2.75) is 31.6 Å². The molecular formula is C19H21F4NO3. The normalized spacial score (nSPS) is 21.8. The summed E-state index contributed by atoms with van der Waals surface area (Å²) in [6, 6.07) is 5.20. The summed E-state index contributed by atoms with van der Waals surface area (Å²) in [4.78, 5) is 12.6. The fourth-order valence-electron chi connectivity index (χ4n) is 3.45. The quantitative estimate of drug-likeness (QED) is 0.757. The number of alkyl halides is 4. The maximum atomic E-state index is 13.8. The average molecular weight is 387 g/mol. The van der Waals surface area contributed by atoms with Crippen LogP contribution in [0.15, 0.2) is 23.8 Å². The summed E-state index contributed by atoms with van der Waals surface area (Å²) in [6.07, 6.45) is -2.55. The van der Waals surface area contributed by atoms with Crippen LogP contribution in [0.25, 0.3) is 6.08 Å². The zero-order valence-electron chi connectivity index (χ0n) is 14.9. The number of benzene rings is 1. The Morgan fingerprint density at radius 2 is 2.07 bits per heavy atom. The second-order valence-electron chi connectivity index (χ2n) is 7.31. The van der Waals surface area contributed by atoms with E-state index in [2.05, 4.69) is 0 Å².